The minimum Gasteiger partial charge on any atom is -0.376 e. The monoisotopic (exact) mass is 476 g/mol. The van der Waals surface area contributed by atoms with Crippen LogP contribution in [0.15, 0.2) is 65.6 Å². The van der Waals surface area contributed by atoms with Crippen LogP contribution in [-0.4, -0.2) is 22.3 Å². The van der Waals surface area contributed by atoms with Crippen molar-refractivity contribution in [3.8, 4) is 0 Å². The summed E-state index contributed by atoms with van der Waals surface area (Å²) in [6, 6.07) is 23.4. The molecule has 5 fully saturated rings. The van der Waals surface area contributed by atoms with Crippen molar-refractivity contribution < 1.29 is 0 Å². The summed E-state index contributed by atoms with van der Waals surface area (Å²) in [5.41, 5.74) is 8.19. The maximum Gasteiger partial charge on any atom is 0.0818 e. The Kier molecular flexibility index (Phi) is 5.83. The van der Waals surface area contributed by atoms with Gasteiger partial charge in [0.05, 0.1) is 4.99 Å². The average Bonchev–Trinajstić information content (AvgIpc) is 2.84. The Morgan fingerprint density at radius 2 is 1.45 bits per heavy atom. The molecule has 3 N–H and O–H groups in total. The molecule has 2 aromatic carbocycles. The molecule has 5 aliphatic rings. The molecule has 0 spiro atoms. The van der Waals surface area contributed by atoms with E-state index in [1.807, 2.05) is 0 Å². The van der Waals surface area contributed by atoms with Crippen LogP contribution in [-0.2, 0) is 5.41 Å². The van der Waals surface area contributed by atoms with Crippen molar-refractivity contribution in [2.75, 3.05) is 0 Å². The molecule has 2 atom stereocenters. The molecule has 0 heterocycles. The lowest BCUT2D eigenvalue weighted by Gasteiger charge is -2.65. The number of nitrogens with two attached hydrogens (primary N) is 1. The summed E-state index contributed by atoms with van der Waals surface area (Å²) in [5, 5.41) is 4.61. The molecule has 0 aromatic heterocycles. The Morgan fingerprint density at radius 3 is 2.09 bits per heavy atom. The highest BCUT2D eigenvalue weighted by Gasteiger charge is 2.63. The van der Waals surface area contributed by atoms with Gasteiger partial charge in [-0.3, -0.25) is 0 Å². The normalized spacial score (nSPS) is 39.4. The predicted molar refractivity (Wildman–Crippen MR) is 143 cm³/mol. The number of hydrogen-bond acceptors (Lipinski definition) is 3. The predicted octanol–water partition coefficient (Wildman–Crippen LogP) is 6.48. The van der Waals surface area contributed by atoms with Crippen molar-refractivity contribution in [3.05, 3.63) is 66.2 Å². The number of rotatable bonds is 5. The van der Waals surface area contributed by atoms with Gasteiger partial charge in [0.1, 0.15) is 0 Å². The molecule has 4 bridgehead atoms. The summed E-state index contributed by atoms with van der Waals surface area (Å²) in [4.78, 5) is 2.61. The van der Waals surface area contributed by atoms with Gasteiger partial charge in [0, 0.05) is 27.6 Å². The zero-order valence-electron chi connectivity index (χ0n) is 19.4. The maximum atomic E-state index is 6.27. The SMILES string of the molecule is NC1CCC(NC(=S)C23CC4CC(c5ccccc5)(CC(C2)C4Sc2ccccc2)C3)CC1. The van der Waals surface area contributed by atoms with E-state index in [9.17, 15) is 0 Å². The molecule has 33 heavy (non-hydrogen) atoms. The van der Waals surface area contributed by atoms with E-state index in [4.69, 9.17) is 18.0 Å². The molecule has 5 aliphatic carbocycles. The van der Waals surface area contributed by atoms with Crippen molar-refractivity contribution in [1.29, 1.82) is 0 Å². The molecule has 2 aromatic rings. The third-order valence-corrected chi connectivity index (χ3v) is 11.3. The highest BCUT2D eigenvalue weighted by atomic mass is 32.2. The van der Waals surface area contributed by atoms with Gasteiger partial charge in [-0.2, -0.15) is 0 Å². The first-order valence-electron chi connectivity index (χ1n) is 12.9. The zero-order valence-corrected chi connectivity index (χ0v) is 21.1. The second-order valence-corrected chi connectivity index (χ2v) is 13.1. The highest BCUT2D eigenvalue weighted by Crippen LogP contribution is 2.68. The van der Waals surface area contributed by atoms with Gasteiger partial charge < -0.3 is 11.1 Å². The van der Waals surface area contributed by atoms with Crippen LogP contribution in [0.5, 0.6) is 0 Å². The standard InChI is InChI=1S/C29H36N2S2/c30-23-11-13-24(14-12-23)31-27(32)29-17-20-15-28(19-29,22-7-3-1-4-8-22)16-21(18-29)26(20)33-25-9-5-2-6-10-25/h1-10,20-21,23-24,26H,11-19,30H2,(H,31,32). The topological polar surface area (TPSA) is 38.0 Å². The van der Waals surface area contributed by atoms with E-state index in [1.54, 1.807) is 5.56 Å². The van der Waals surface area contributed by atoms with Gasteiger partial charge in [-0.15, -0.1) is 11.8 Å². The Hall–Kier alpha value is -1.36. The zero-order chi connectivity index (χ0) is 22.5. The fourth-order valence-corrected chi connectivity index (χ4v) is 9.75. The average molecular weight is 477 g/mol. The summed E-state index contributed by atoms with van der Waals surface area (Å²) in [7, 11) is 0. The van der Waals surface area contributed by atoms with E-state index in [-0.39, 0.29) is 5.41 Å². The molecule has 0 radical (unpaired) electrons. The molecule has 5 saturated carbocycles. The second kappa shape index (κ2) is 8.70. The molecule has 0 saturated heterocycles. The van der Waals surface area contributed by atoms with E-state index < -0.39 is 0 Å². The quantitative estimate of drug-likeness (QED) is 0.484. The van der Waals surface area contributed by atoms with Crippen LogP contribution in [0.2, 0.25) is 0 Å². The van der Waals surface area contributed by atoms with Crippen LogP contribution >= 0.6 is 24.0 Å². The lowest BCUT2D eigenvalue weighted by Crippen LogP contribution is -2.63. The lowest BCUT2D eigenvalue weighted by atomic mass is 9.42. The van der Waals surface area contributed by atoms with Crippen molar-refractivity contribution >= 4 is 29.0 Å². The van der Waals surface area contributed by atoms with E-state index in [0.717, 1.165) is 24.7 Å². The first-order chi connectivity index (χ1) is 16.1. The molecule has 4 heteroatoms. The Balaban J connectivity index is 1.29. The number of thiocarbonyl (C=S) groups is 1. The molecular weight excluding hydrogens is 440 g/mol. The Labute approximate surface area is 208 Å². The lowest BCUT2D eigenvalue weighted by molar-refractivity contribution is -0.0297. The number of thioether (sulfide) groups is 1. The van der Waals surface area contributed by atoms with Gasteiger partial charge in [0.15, 0.2) is 0 Å². The van der Waals surface area contributed by atoms with Gasteiger partial charge in [0.25, 0.3) is 0 Å². The minimum atomic E-state index is 0.171. The van der Waals surface area contributed by atoms with Gasteiger partial charge in [-0.05, 0) is 92.7 Å². The van der Waals surface area contributed by atoms with Crippen molar-refractivity contribution in [3.63, 3.8) is 0 Å². The summed E-state index contributed by atoms with van der Waals surface area (Å²) in [6.07, 6.45) is 11.0. The van der Waals surface area contributed by atoms with Gasteiger partial charge in [-0.25, -0.2) is 0 Å². The maximum absolute atomic E-state index is 6.27. The molecule has 7 rings (SSSR count). The van der Waals surface area contributed by atoms with E-state index in [2.05, 4.69) is 77.7 Å². The molecule has 0 amide bonds. The summed E-state index contributed by atoms with van der Waals surface area (Å²) in [5.74, 6) is 1.47. The van der Waals surface area contributed by atoms with E-state index in [0.29, 0.717) is 22.7 Å². The third kappa shape index (κ3) is 4.06. The van der Waals surface area contributed by atoms with Gasteiger partial charge in [0.2, 0.25) is 0 Å². The van der Waals surface area contributed by atoms with Crippen LogP contribution in [0.25, 0.3) is 0 Å². The highest BCUT2D eigenvalue weighted by molar-refractivity contribution is 8.00. The molecule has 0 aliphatic heterocycles. The third-order valence-electron chi connectivity index (χ3n) is 9.21. The van der Waals surface area contributed by atoms with Crippen molar-refractivity contribution in [2.45, 2.75) is 85.4 Å². The Bertz CT molecular complexity index is 967. The first kappa shape index (κ1) is 22.1. The summed E-state index contributed by atoms with van der Waals surface area (Å²) >= 11 is 8.42. The van der Waals surface area contributed by atoms with Gasteiger partial charge in [-0.1, -0.05) is 60.7 Å². The first-order valence-corrected chi connectivity index (χ1v) is 14.2. The smallest absolute Gasteiger partial charge is 0.0818 e. The molecule has 174 valence electrons. The summed E-state index contributed by atoms with van der Waals surface area (Å²) in [6.45, 7) is 0. The van der Waals surface area contributed by atoms with Crippen molar-refractivity contribution in [1.82, 2.24) is 5.32 Å². The van der Waals surface area contributed by atoms with E-state index >= 15 is 0 Å². The molecular formula is C29H36N2S2. The van der Waals surface area contributed by atoms with Crippen LogP contribution in [0.1, 0.15) is 63.4 Å². The largest absolute Gasteiger partial charge is 0.376 e. The number of hydrogen-bond donors (Lipinski definition) is 2. The number of nitrogens with one attached hydrogen (secondary N) is 1. The van der Waals surface area contributed by atoms with Gasteiger partial charge >= 0.3 is 0 Å². The fraction of sp³-hybridized carbons (Fsp3) is 0.552. The van der Waals surface area contributed by atoms with Crippen LogP contribution in [0, 0.1) is 17.3 Å². The molecule has 2 unspecified atom stereocenters. The van der Waals surface area contributed by atoms with Crippen LogP contribution in [0.3, 0.4) is 0 Å². The number of benzene rings is 2. The fourth-order valence-electron chi connectivity index (χ4n) is 7.95. The van der Waals surface area contributed by atoms with Crippen LogP contribution in [0.4, 0.5) is 0 Å². The summed E-state index contributed by atoms with van der Waals surface area (Å²) < 4.78 is 0. The van der Waals surface area contributed by atoms with E-state index in [1.165, 1.54) is 54.8 Å². The Morgan fingerprint density at radius 1 is 0.848 bits per heavy atom. The minimum absolute atomic E-state index is 0.171. The van der Waals surface area contributed by atoms with Crippen molar-refractivity contribution in [2.24, 2.45) is 23.0 Å². The van der Waals surface area contributed by atoms with Crippen LogP contribution < -0.4 is 11.1 Å². The molecule has 2 nitrogen and oxygen atoms in total. The second-order valence-electron chi connectivity index (χ2n) is 11.4.